The summed E-state index contributed by atoms with van der Waals surface area (Å²) >= 11 is 0. The zero-order valence-electron chi connectivity index (χ0n) is 11.6. The average Bonchev–Trinajstić information content (AvgIpc) is 2.31. The highest BCUT2D eigenvalue weighted by Crippen LogP contribution is 2.27. The van der Waals surface area contributed by atoms with Crippen molar-refractivity contribution in [3.05, 3.63) is 64.7 Å². The van der Waals surface area contributed by atoms with E-state index in [9.17, 15) is 10.2 Å². The summed E-state index contributed by atoms with van der Waals surface area (Å²) in [5.74, 6) is 0.245. The molecule has 0 heterocycles. The maximum Gasteiger partial charge on any atom is 0.115 e. The lowest BCUT2D eigenvalue weighted by Gasteiger charge is -2.25. The highest BCUT2D eigenvalue weighted by atomic mass is 16.3. The van der Waals surface area contributed by atoms with Gasteiger partial charge in [0, 0.05) is 6.42 Å². The Kier molecular flexibility index (Phi) is 3.63. The number of aliphatic hydroxyl groups is 1. The van der Waals surface area contributed by atoms with Crippen molar-refractivity contribution < 1.29 is 10.2 Å². The van der Waals surface area contributed by atoms with Crippen LogP contribution in [0.4, 0.5) is 0 Å². The number of phenols is 1. The van der Waals surface area contributed by atoms with Crippen LogP contribution in [0.1, 0.15) is 29.2 Å². The summed E-state index contributed by atoms with van der Waals surface area (Å²) in [6.07, 6.45) is 0.524. The monoisotopic (exact) mass is 256 g/mol. The van der Waals surface area contributed by atoms with E-state index in [0.717, 1.165) is 22.3 Å². The van der Waals surface area contributed by atoms with E-state index in [2.05, 4.69) is 6.07 Å². The van der Waals surface area contributed by atoms with E-state index in [1.54, 1.807) is 12.1 Å². The zero-order valence-corrected chi connectivity index (χ0v) is 11.6. The Labute approximate surface area is 114 Å². The molecule has 0 amide bonds. The summed E-state index contributed by atoms with van der Waals surface area (Å²) in [6.45, 7) is 5.90. The highest BCUT2D eigenvalue weighted by molar-refractivity contribution is 5.34. The van der Waals surface area contributed by atoms with Gasteiger partial charge in [-0.25, -0.2) is 0 Å². The third kappa shape index (κ3) is 3.36. The van der Waals surface area contributed by atoms with Gasteiger partial charge in [-0.05, 0) is 44.0 Å². The number of rotatable bonds is 3. The van der Waals surface area contributed by atoms with Gasteiger partial charge in [0.1, 0.15) is 5.75 Å². The minimum atomic E-state index is -0.909. The molecule has 19 heavy (non-hydrogen) atoms. The number of benzene rings is 2. The molecule has 2 nitrogen and oxygen atoms in total. The molecule has 0 aliphatic rings. The maximum absolute atomic E-state index is 10.7. The van der Waals surface area contributed by atoms with E-state index in [-0.39, 0.29) is 5.75 Å². The molecule has 0 spiro atoms. The largest absolute Gasteiger partial charge is 0.508 e. The third-order valence-corrected chi connectivity index (χ3v) is 3.33. The van der Waals surface area contributed by atoms with Gasteiger partial charge in [-0.2, -0.15) is 0 Å². The van der Waals surface area contributed by atoms with E-state index in [0.29, 0.717) is 6.42 Å². The molecule has 1 unspecified atom stereocenters. The molecule has 0 aliphatic heterocycles. The van der Waals surface area contributed by atoms with Crippen LogP contribution in [0.15, 0.2) is 42.5 Å². The lowest BCUT2D eigenvalue weighted by Crippen LogP contribution is -2.24. The summed E-state index contributed by atoms with van der Waals surface area (Å²) in [5, 5.41) is 20.0. The second kappa shape index (κ2) is 5.06. The fourth-order valence-corrected chi connectivity index (χ4v) is 2.40. The van der Waals surface area contributed by atoms with Crippen molar-refractivity contribution in [2.24, 2.45) is 0 Å². The average molecular weight is 256 g/mol. The van der Waals surface area contributed by atoms with Crippen LogP contribution in [0.2, 0.25) is 0 Å². The first-order valence-electron chi connectivity index (χ1n) is 6.46. The summed E-state index contributed by atoms with van der Waals surface area (Å²) in [7, 11) is 0. The van der Waals surface area contributed by atoms with Crippen LogP contribution in [0.5, 0.6) is 5.75 Å². The molecule has 1 atom stereocenters. The predicted molar refractivity (Wildman–Crippen MR) is 77.3 cm³/mol. The molecule has 100 valence electrons. The van der Waals surface area contributed by atoms with Gasteiger partial charge in [-0.15, -0.1) is 0 Å². The standard InChI is InChI=1S/C17H20O2/c1-12-8-13(2)10-15(9-12)17(3,19)11-14-4-6-16(18)7-5-14/h4-10,18-19H,11H2,1-3H3. The van der Waals surface area contributed by atoms with E-state index >= 15 is 0 Å². The number of aryl methyl sites for hydroxylation is 2. The molecule has 2 rings (SSSR count). The third-order valence-electron chi connectivity index (χ3n) is 3.33. The molecule has 0 bridgehead atoms. The number of hydrogen-bond acceptors (Lipinski definition) is 2. The fraction of sp³-hybridized carbons (Fsp3) is 0.294. The van der Waals surface area contributed by atoms with Crippen molar-refractivity contribution in [3.63, 3.8) is 0 Å². The molecule has 0 fully saturated rings. The Hall–Kier alpha value is -1.80. The van der Waals surface area contributed by atoms with Gasteiger partial charge in [0.25, 0.3) is 0 Å². The van der Waals surface area contributed by atoms with Crippen molar-refractivity contribution >= 4 is 0 Å². The van der Waals surface area contributed by atoms with E-state index in [4.69, 9.17) is 0 Å². The molecular weight excluding hydrogens is 236 g/mol. The van der Waals surface area contributed by atoms with Gasteiger partial charge in [0.2, 0.25) is 0 Å². The highest BCUT2D eigenvalue weighted by Gasteiger charge is 2.24. The van der Waals surface area contributed by atoms with Gasteiger partial charge < -0.3 is 10.2 Å². The van der Waals surface area contributed by atoms with Crippen molar-refractivity contribution in [1.29, 1.82) is 0 Å². The summed E-state index contributed by atoms with van der Waals surface area (Å²) in [4.78, 5) is 0. The topological polar surface area (TPSA) is 40.5 Å². The zero-order chi connectivity index (χ0) is 14.0. The van der Waals surface area contributed by atoms with Crippen molar-refractivity contribution in [3.8, 4) is 5.75 Å². The van der Waals surface area contributed by atoms with E-state index in [1.165, 1.54) is 0 Å². The Morgan fingerprint density at radius 1 is 0.947 bits per heavy atom. The molecule has 0 saturated heterocycles. The quantitative estimate of drug-likeness (QED) is 0.883. The van der Waals surface area contributed by atoms with Gasteiger partial charge in [-0.1, -0.05) is 41.5 Å². The molecule has 0 aromatic heterocycles. The molecule has 0 aliphatic carbocycles. The number of phenolic OH excluding ortho intramolecular Hbond substituents is 1. The summed E-state index contributed by atoms with van der Waals surface area (Å²) in [6, 6.07) is 13.1. The van der Waals surface area contributed by atoms with Crippen LogP contribution in [0, 0.1) is 13.8 Å². The van der Waals surface area contributed by atoms with Gasteiger partial charge in [0.05, 0.1) is 5.60 Å². The molecule has 2 aromatic rings. The molecule has 2 aromatic carbocycles. The SMILES string of the molecule is Cc1cc(C)cc(C(C)(O)Cc2ccc(O)cc2)c1. The van der Waals surface area contributed by atoms with Crippen molar-refractivity contribution in [1.82, 2.24) is 0 Å². The maximum atomic E-state index is 10.7. The minimum absolute atomic E-state index is 0.245. The Balaban J connectivity index is 2.28. The van der Waals surface area contributed by atoms with E-state index < -0.39 is 5.60 Å². The van der Waals surface area contributed by atoms with Crippen LogP contribution < -0.4 is 0 Å². The van der Waals surface area contributed by atoms with Gasteiger partial charge in [-0.3, -0.25) is 0 Å². The Morgan fingerprint density at radius 3 is 2.00 bits per heavy atom. The lowest BCUT2D eigenvalue weighted by molar-refractivity contribution is 0.0575. The van der Waals surface area contributed by atoms with Crippen molar-refractivity contribution in [2.45, 2.75) is 32.8 Å². The van der Waals surface area contributed by atoms with Crippen molar-refractivity contribution in [2.75, 3.05) is 0 Å². The van der Waals surface area contributed by atoms with Crippen LogP contribution in [0.25, 0.3) is 0 Å². The molecular formula is C17H20O2. The van der Waals surface area contributed by atoms with Crippen LogP contribution in [-0.4, -0.2) is 10.2 Å². The van der Waals surface area contributed by atoms with E-state index in [1.807, 2.05) is 45.0 Å². The second-order valence-corrected chi connectivity index (χ2v) is 5.49. The first-order chi connectivity index (χ1) is 8.87. The van der Waals surface area contributed by atoms with Crippen LogP contribution >= 0.6 is 0 Å². The fourth-order valence-electron chi connectivity index (χ4n) is 2.40. The van der Waals surface area contributed by atoms with Crippen LogP contribution in [0.3, 0.4) is 0 Å². The molecule has 2 heteroatoms. The molecule has 0 radical (unpaired) electrons. The molecule has 0 saturated carbocycles. The number of hydrogen-bond donors (Lipinski definition) is 2. The smallest absolute Gasteiger partial charge is 0.115 e. The first-order valence-corrected chi connectivity index (χ1v) is 6.46. The molecule has 2 N–H and O–H groups in total. The summed E-state index contributed by atoms with van der Waals surface area (Å²) in [5.41, 5.74) is 3.33. The Morgan fingerprint density at radius 2 is 1.47 bits per heavy atom. The second-order valence-electron chi connectivity index (χ2n) is 5.49. The lowest BCUT2D eigenvalue weighted by atomic mass is 9.87. The minimum Gasteiger partial charge on any atom is -0.508 e. The normalized spacial score (nSPS) is 14.1. The Bertz CT molecular complexity index is 548. The summed E-state index contributed by atoms with van der Waals surface area (Å²) < 4.78 is 0. The van der Waals surface area contributed by atoms with Crippen LogP contribution in [-0.2, 0) is 12.0 Å². The van der Waals surface area contributed by atoms with Gasteiger partial charge in [0.15, 0.2) is 0 Å². The number of aromatic hydroxyl groups is 1. The predicted octanol–water partition coefficient (Wildman–Crippen LogP) is 3.46. The van der Waals surface area contributed by atoms with Gasteiger partial charge >= 0.3 is 0 Å². The first kappa shape index (κ1) is 13.6.